The van der Waals surface area contributed by atoms with Crippen LogP contribution in [0.5, 0.6) is 0 Å². The van der Waals surface area contributed by atoms with Gasteiger partial charge in [-0.05, 0) is 38.5 Å². The highest BCUT2D eigenvalue weighted by molar-refractivity contribution is 9.09. The van der Waals surface area contributed by atoms with E-state index in [0.717, 1.165) is 25.7 Å². The van der Waals surface area contributed by atoms with E-state index in [9.17, 15) is 19.5 Å². The third-order valence-corrected chi connectivity index (χ3v) is 9.14. The summed E-state index contributed by atoms with van der Waals surface area (Å²) in [6.07, 6.45) is 10.2. The molecule has 6 atom stereocenters. The first-order valence-electron chi connectivity index (χ1n) is 13.3. The van der Waals surface area contributed by atoms with Gasteiger partial charge in [0.15, 0.2) is 0 Å². The first-order chi connectivity index (χ1) is 17.4. The Morgan fingerprint density at radius 2 is 1.97 bits per heavy atom. The number of nitrogens with zero attached hydrogens (tertiary/aromatic N) is 2. The van der Waals surface area contributed by atoms with Crippen LogP contribution < -0.4 is 0 Å². The molecule has 3 aliphatic heterocycles. The van der Waals surface area contributed by atoms with E-state index >= 15 is 0 Å². The summed E-state index contributed by atoms with van der Waals surface area (Å²) < 4.78 is 12.0. The number of unbranched alkanes of at least 4 members (excludes halogenated alkanes) is 1. The number of aliphatic hydroxyl groups is 1. The number of halogens is 1. The van der Waals surface area contributed by atoms with Crippen molar-refractivity contribution >= 4 is 33.7 Å². The Kier molecular flexibility index (Phi) is 8.94. The third-order valence-electron chi connectivity index (χ3n) is 8.29. The molecule has 1 aliphatic carbocycles. The second-order valence-corrected chi connectivity index (χ2v) is 11.6. The number of amides is 2. The molecule has 3 heterocycles. The van der Waals surface area contributed by atoms with E-state index in [4.69, 9.17) is 9.47 Å². The largest absolute Gasteiger partial charge is 0.465 e. The Morgan fingerprint density at radius 3 is 2.64 bits per heavy atom. The molecular formula is C27H39BrN2O6. The lowest BCUT2D eigenvalue weighted by molar-refractivity contribution is -0.155. The summed E-state index contributed by atoms with van der Waals surface area (Å²) in [4.78, 5) is 44.9. The number of fused-ring (bicyclic) bond motifs is 1. The zero-order chi connectivity index (χ0) is 25.9. The molecule has 4 aliphatic rings. The maximum Gasteiger partial charge on any atom is 0.312 e. The molecule has 1 saturated carbocycles. The summed E-state index contributed by atoms with van der Waals surface area (Å²) in [6, 6.07) is -0.710. The van der Waals surface area contributed by atoms with Gasteiger partial charge in [-0.15, -0.1) is 13.2 Å². The van der Waals surface area contributed by atoms with Gasteiger partial charge in [0.2, 0.25) is 11.8 Å². The van der Waals surface area contributed by atoms with E-state index in [0.29, 0.717) is 38.8 Å². The minimum absolute atomic E-state index is 0.0141. The maximum atomic E-state index is 14.4. The minimum atomic E-state index is -1.08. The predicted octanol–water partition coefficient (Wildman–Crippen LogP) is 2.97. The Morgan fingerprint density at radius 1 is 1.22 bits per heavy atom. The number of esters is 1. The van der Waals surface area contributed by atoms with Crippen molar-refractivity contribution in [2.75, 3.05) is 26.3 Å². The van der Waals surface area contributed by atoms with Gasteiger partial charge in [0.05, 0.1) is 24.5 Å². The minimum Gasteiger partial charge on any atom is -0.465 e. The molecule has 4 fully saturated rings. The van der Waals surface area contributed by atoms with Crippen LogP contribution in [-0.2, 0) is 23.9 Å². The average Bonchev–Trinajstić information content (AvgIpc) is 3.46. The molecule has 0 aromatic rings. The first-order valence-corrected chi connectivity index (χ1v) is 14.2. The van der Waals surface area contributed by atoms with Crippen LogP contribution in [0.3, 0.4) is 0 Å². The van der Waals surface area contributed by atoms with Gasteiger partial charge in [0, 0.05) is 30.6 Å². The zero-order valence-corrected chi connectivity index (χ0v) is 22.6. The monoisotopic (exact) mass is 566 g/mol. The molecule has 1 spiro atoms. The standard InChI is InChI=1S/C27H39BrN2O6/c1-3-5-16-35-26(34)20-21-24(32)30(14-9-10-15-31)23(27(21)17-19(28)22(20)36-27)25(33)29(13-4-2)18-11-7-6-8-12-18/h3-4,18-23,31H,1-2,5-17H2/t19?,20-,21-,22-,23?,27?/m0/s1. The number of carbonyl (C=O) groups excluding carboxylic acids is 3. The number of aliphatic hydroxyl groups excluding tert-OH is 1. The molecule has 2 bridgehead atoms. The Bertz CT molecular complexity index is 861. The van der Waals surface area contributed by atoms with Crippen molar-refractivity contribution in [3.8, 4) is 0 Å². The molecule has 0 aromatic carbocycles. The number of alkyl halides is 1. The van der Waals surface area contributed by atoms with Crippen molar-refractivity contribution in [3.05, 3.63) is 25.3 Å². The van der Waals surface area contributed by atoms with Crippen LogP contribution in [0.1, 0.15) is 57.8 Å². The van der Waals surface area contributed by atoms with Crippen molar-refractivity contribution in [3.63, 3.8) is 0 Å². The van der Waals surface area contributed by atoms with Gasteiger partial charge in [-0.25, -0.2) is 0 Å². The van der Waals surface area contributed by atoms with E-state index in [1.807, 2.05) is 4.90 Å². The molecule has 1 N–H and O–H groups in total. The number of carbonyl (C=O) groups is 3. The van der Waals surface area contributed by atoms with Crippen LogP contribution in [0.2, 0.25) is 0 Å². The lowest BCUT2D eigenvalue weighted by Crippen LogP contribution is -2.58. The molecular weight excluding hydrogens is 528 g/mol. The summed E-state index contributed by atoms with van der Waals surface area (Å²) in [7, 11) is 0. The number of hydrogen-bond acceptors (Lipinski definition) is 6. The fourth-order valence-electron chi connectivity index (χ4n) is 6.76. The number of rotatable bonds is 12. The molecule has 2 amide bonds. The molecule has 3 saturated heterocycles. The lowest BCUT2D eigenvalue weighted by Gasteiger charge is -2.41. The van der Waals surface area contributed by atoms with Crippen molar-refractivity contribution in [1.82, 2.24) is 9.80 Å². The van der Waals surface area contributed by atoms with Gasteiger partial charge in [-0.2, -0.15) is 0 Å². The van der Waals surface area contributed by atoms with E-state index < -0.39 is 35.6 Å². The van der Waals surface area contributed by atoms with Gasteiger partial charge in [-0.3, -0.25) is 14.4 Å². The lowest BCUT2D eigenvalue weighted by atomic mass is 9.70. The molecule has 200 valence electrons. The van der Waals surface area contributed by atoms with E-state index in [1.165, 1.54) is 6.42 Å². The molecule has 8 nitrogen and oxygen atoms in total. The maximum absolute atomic E-state index is 14.4. The Balaban J connectivity index is 1.69. The highest BCUT2D eigenvalue weighted by atomic mass is 79.9. The highest BCUT2D eigenvalue weighted by Gasteiger charge is 2.77. The van der Waals surface area contributed by atoms with E-state index in [1.54, 1.807) is 17.1 Å². The fourth-order valence-corrected chi connectivity index (χ4v) is 7.70. The predicted molar refractivity (Wildman–Crippen MR) is 138 cm³/mol. The van der Waals surface area contributed by atoms with Crippen molar-refractivity contribution in [2.45, 2.75) is 86.4 Å². The summed E-state index contributed by atoms with van der Waals surface area (Å²) in [5, 5.41) is 9.34. The van der Waals surface area contributed by atoms with Crippen LogP contribution in [0.4, 0.5) is 0 Å². The van der Waals surface area contributed by atoms with Gasteiger partial charge in [0.1, 0.15) is 11.6 Å². The SMILES string of the molecule is C=CCCOC(=O)[C@H]1[C@H]2C(=O)N(CCCCO)C(C(=O)N(CC=C)C3CCCCC3)C23CC(Br)[C@@H]1O3. The topological polar surface area (TPSA) is 96.4 Å². The van der Waals surface area contributed by atoms with Crippen LogP contribution >= 0.6 is 15.9 Å². The van der Waals surface area contributed by atoms with Gasteiger partial charge >= 0.3 is 5.97 Å². The molecule has 9 heteroatoms. The molecule has 4 rings (SSSR count). The van der Waals surface area contributed by atoms with Gasteiger partial charge < -0.3 is 24.4 Å². The smallest absolute Gasteiger partial charge is 0.312 e. The summed E-state index contributed by atoms with van der Waals surface area (Å²) in [5.74, 6) is -2.32. The Hall–Kier alpha value is -1.71. The van der Waals surface area contributed by atoms with Crippen LogP contribution in [0.25, 0.3) is 0 Å². The van der Waals surface area contributed by atoms with Crippen LogP contribution in [-0.4, -0.2) is 87.6 Å². The summed E-state index contributed by atoms with van der Waals surface area (Å²) in [5.41, 5.74) is -1.08. The summed E-state index contributed by atoms with van der Waals surface area (Å²) >= 11 is 3.69. The second kappa shape index (κ2) is 11.8. The highest BCUT2D eigenvalue weighted by Crippen LogP contribution is 2.60. The molecule has 0 radical (unpaired) electrons. The van der Waals surface area contributed by atoms with Gasteiger partial charge in [-0.1, -0.05) is 47.3 Å². The number of likely N-dealkylation sites (tertiary alicyclic amines) is 1. The van der Waals surface area contributed by atoms with Crippen LogP contribution in [0, 0.1) is 11.8 Å². The first kappa shape index (κ1) is 27.3. The Labute approximate surface area is 222 Å². The summed E-state index contributed by atoms with van der Waals surface area (Å²) in [6.45, 7) is 8.50. The third kappa shape index (κ3) is 4.78. The zero-order valence-electron chi connectivity index (χ0n) is 21.0. The second-order valence-electron chi connectivity index (χ2n) is 10.4. The average molecular weight is 568 g/mol. The van der Waals surface area contributed by atoms with E-state index in [-0.39, 0.29) is 35.9 Å². The van der Waals surface area contributed by atoms with E-state index in [2.05, 4.69) is 29.1 Å². The van der Waals surface area contributed by atoms with Crippen LogP contribution in [0.15, 0.2) is 25.3 Å². The van der Waals surface area contributed by atoms with Crippen molar-refractivity contribution < 1.29 is 29.0 Å². The van der Waals surface area contributed by atoms with Gasteiger partial charge in [0.25, 0.3) is 0 Å². The molecule has 0 aromatic heterocycles. The fraction of sp³-hybridized carbons (Fsp3) is 0.741. The normalized spacial score (nSPS) is 33.4. The van der Waals surface area contributed by atoms with Crippen molar-refractivity contribution in [1.29, 1.82) is 0 Å². The molecule has 3 unspecified atom stereocenters. The quantitative estimate of drug-likeness (QED) is 0.169. The van der Waals surface area contributed by atoms with Crippen molar-refractivity contribution in [2.24, 2.45) is 11.8 Å². The molecule has 36 heavy (non-hydrogen) atoms. The number of hydrogen-bond donors (Lipinski definition) is 1. The number of ether oxygens (including phenoxy) is 2.